The van der Waals surface area contributed by atoms with Gasteiger partial charge in [-0.25, -0.2) is 0 Å². The first-order valence-electron chi connectivity index (χ1n) is 8.24. The monoisotopic (exact) mass is 268 g/mol. The molecule has 1 N–H and O–H groups in total. The number of rotatable bonds is 8. The maximum absolute atomic E-state index is 12.2. The smallest absolute Gasteiger partial charge is 0.222 e. The SMILES string of the molecule is CCCCCCC(=O)N1CCC(NCC)C(CC)C1. The Kier molecular flexibility index (Phi) is 8.11. The molecule has 3 heteroatoms. The zero-order valence-electron chi connectivity index (χ0n) is 13.1. The summed E-state index contributed by atoms with van der Waals surface area (Å²) in [5, 5.41) is 3.57. The topological polar surface area (TPSA) is 32.3 Å². The van der Waals surface area contributed by atoms with Crippen LogP contribution in [0.15, 0.2) is 0 Å². The summed E-state index contributed by atoms with van der Waals surface area (Å²) in [6.45, 7) is 9.55. The Morgan fingerprint density at radius 2 is 2.00 bits per heavy atom. The minimum absolute atomic E-state index is 0.379. The molecule has 3 nitrogen and oxygen atoms in total. The number of hydrogen-bond acceptors (Lipinski definition) is 2. The minimum atomic E-state index is 0.379. The lowest BCUT2D eigenvalue weighted by Gasteiger charge is -2.38. The summed E-state index contributed by atoms with van der Waals surface area (Å²) in [6, 6.07) is 0.610. The average Bonchev–Trinajstić information content (AvgIpc) is 2.44. The Morgan fingerprint density at radius 3 is 2.63 bits per heavy atom. The highest BCUT2D eigenvalue weighted by Gasteiger charge is 2.29. The molecular weight excluding hydrogens is 236 g/mol. The first kappa shape index (κ1) is 16.5. The van der Waals surface area contributed by atoms with Gasteiger partial charge in [-0.1, -0.05) is 46.5 Å². The van der Waals surface area contributed by atoms with Crippen LogP contribution < -0.4 is 5.32 Å². The fourth-order valence-electron chi connectivity index (χ4n) is 3.06. The van der Waals surface area contributed by atoms with Crippen LogP contribution in [0.4, 0.5) is 0 Å². The van der Waals surface area contributed by atoms with Gasteiger partial charge >= 0.3 is 0 Å². The van der Waals surface area contributed by atoms with Gasteiger partial charge < -0.3 is 10.2 Å². The lowest BCUT2D eigenvalue weighted by Crippen LogP contribution is -2.50. The van der Waals surface area contributed by atoms with Crippen LogP contribution in [-0.2, 0) is 4.79 Å². The second-order valence-corrected chi connectivity index (χ2v) is 5.77. The molecule has 0 aliphatic carbocycles. The van der Waals surface area contributed by atoms with Crippen molar-refractivity contribution < 1.29 is 4.79 Å². The molecule has 0 saturated carbocycles. The van der Waals surface area contributed by atoms with Gasteiger partial charge in [-0.2, -0.15) is 0 Å². The van der Waals surface area contributed by atoms with E-state index in [1.165, 1.54) is 19.3 Å². The molecule has 2 atom stereocenters. The van der Waals surface area contributed by atoms with Crippen LogP contribution in [0.3, 0.4) is 0 Å². The van der Waals surface area contributed by atoms with Gasteiger partial charge in [0.1, 0.15) is 0 Å². The standard InChI is InChI=1S/C16H32N2O/c1-4-7-8-9-10-16(19)18-12-11-15(17-6-3)14(5-2)13-18/h14-15,17H,4-13H2,1-3H3. The molecule has 19 heavy (non-hydrogen) atoms. The van der Waals surface area contributed by atoms with E-state index >= 15 is 0 Å². The summed E-state index contributed by atoms with van der Waals surface area (Å²) in [6.07, 6.45) is 7.80. The summed E-state index contributed by atoms with van der Waals surface area (Å²) in [7, 11) is 0. The highest BCUT2D eigenvalue weighted by Crippen LogP contribution is 2.21. The van der Waals surface area contributed by atoms with Gasteiger partial charge in [-0.05, 0) is 25.3 Å². The van der Waals surface area contributed by atoms with Crippen LogP contribution in [0.1, 0.15) is 65.7 Å². The first-order chi connectivity index (χ1) is 9.22. The maximum Gasteiger partial charge on any atom is 0.222 e. The molecule has 1 aliphatic rings. The molecule has 1 amide bonds. The van der Waals surface area contributed by atoms with Gasteiger partial charge in [0.25, 0.3) is 0 Å². The van der Waals surface area contributed by atoms with Crippen molar-refractivity contribution in [1.29, 1.82) is 0 Å². The summed E-state index contributed by atoms with van der Waals surface area (Å²) < 4.78 is 0. The van der Waals surface area contributed by atoms with E-state index in [0.717, 1.165) is 45.3 Å². The molecule has 1 aliphatic heterocycles. The van der Waals surface area contributed by atoms with Crippen LogP contribution in [0, 0.1) is 5.92 Å². The lowest BCUT2D eigenvalue weighted by atomic mass is 9.89. The van der Waals surface area contributed by atoms with E-state index < -0.39 is 0 Å². The van der Waals surface area contributed by atoms with Crippen LogP contribution in [0.5, 0.6) is 0 Å². The third kappa shape index (κ3) is 5.52. The van der Waals surface area contributed by atoms with Gasteiger partial charge in [-0.3, -0.25) is 4.79 Å². The van der Waals surface area contributed by atoms with Crippen LogP contribution in [-0.4, -0.2) is 36.5 Å². The average molecular weight is 268 g/mol. The van der Waals surface area contributed by atoms with Crippen molar-refractivity contribution in [1.82, 2.24) is 10.2 Å². The Bertz CT molecular complexity index is 255. The van der Waals surface area contributed by atoms with Gasteiger partial charge in [0, 0.05) is 25.6 Å². The third-order valence-electron chi connectivity index (χ3n) is 4.32. The molecule has 0 aromatic rings. The summed E-state index contributed by atoms with van der Waals surface area (Å²) in [5.74, 6) is 1.01. The molecule has 0 spiro atoms. The highest BCUT2D eigenvalue weighted by molar-refractivity contribution is 5.76. The highest BCUT2D eigenvalue weighted by atomic mass is 16.2. The quantitative estimate of drug-likeness (QED) is 0.686. The van der Waals surface area contributed by atoms with E-state index in [2.05, 4.69) is 31.0 Å². The normalized spacial score (nSPS) is 23.6. The number of hydrogen-bond donors (Lipinski definition) is 1. The fourth-order valence-corrected chi connectivity index (χ4v) is 3.06. The van der Waals surface area contributed by atoms with Crippen LogP contribution in [0.2, 0.25) is 0 Å². The van der Waals surface area contributed by atoms with Crippen molar-refractivity contribution in [2.75, 3.05) is 19.6 Å². The van der Waals surface area contributed by atoms with E-state index in [0.29, 0.717) is 17.9 Å². The molecule has 1 saturated heterocycles. The Hall–Kier alpha value is -0.570. The molecule has 112 valence electrons. The Balaban J connectivity index is 2.33. The largest absolute Gasteiger partial charge is 0.342 e. The van der Waals surface area contributed by atoms with E-state index in [4.69, 9.17) is 0 Å². The van der Waals surface area contributed by atoms with E-state index in [-0.39, 0.29) is 0 Å². The Labute approximate surface area is 119 Å². The molecule has 1 rings (SSSR count). The molecule has 2 unspecified atom stereocenters. The van der Waals surface area contributed by atoms with Gasteiger partial charge in [0.15, 0.2) is 0 Å². The van der Waals surface area contributed by atoms with Gasteiger partial charge in [-0.15, -0.1) is 0 Å². The van der Waals surface area contributed by atoms with Gasteiger partial charge in [0.2, 0.25) is 5.91 Å². The predicted octanol–water partition coefficient (Wildman–Crippen LogP) is 3.19. The second kappa shape index (κ2) is 9.35. The third-order valence-corrected chi connectivity index (χ3v) is 4.32. The summed E-state index contributed by atoms with van der Waals surface area (Å²) >= 11 is 0. The first-order valence-corrected chi connectivity index (χ1v) is 8.24. The van der Waals surface area contributed by atoms with E-state index in [1.54, 1.807) is 0 Å². The molecule has 0 bridgehead atoms. The zero-order valence-corrected chi connectivity index (χ0v) is 13.1. The number of nitrogens with one attached hydrogen (secondary N) is 1. The van der Waals surface area contributed by atoms with Crippen LogP contribution in [0.25, 0.3) is 0 Å². The molecule has 0 aromatic carbocycles. The molecule has 1 fully saturated rings. The zero-order chi connectivity index (χ0) is 14.1. The Morgan fingerprint density at radius 1 is 1.21 bits per heavy atom. The van der Waals surface area contributed by atoms with E-state index in [1.807, 2.05) is 0 Å². The maximum atomic E-state index is 12.2. The molecular formula is C16H32N2O. The van der Waals surface area contributed by atoms with Crippen molar-refractivity contribution in [3.63, 3.8) is 0 Å². The van der Waals surface area contributed by atoms with Crippen molar-refractivity contribution in [3.05, 3.63) is 0 Å². The van der Waals surface area contributed by atoms with Crippen molar-refractivity contribution in [2.24, 2.45) is 5.92 Å². The van der Waals surface area contributed by atoms with Gasteiger partial charge in [0.05, 0.1) is 0 Å². The molecule has 0 radical (unpaired) electrons. The minimum Gasteiger partial charge on any atom is -0.342 e. The van der Waals surface area contributed by atoms with Crippen molar-refractivity contribution in [3.8, 4) is 0 Å². The summed E-state index contributed by atoms with van der Waals surface area (Å²) in [5.41, 5.74) is 0. The number of likely N-dealkylation sites (tertiary alicyclic amines) is 1. The second-order valence-electron chi connectivity index (χ2n) is 5.77. The molecule has 1 heterocycles. The number of piperidine rings is 1. The predicted molar refractivity (Wildman–Crippen MR) is 81.2 cm³/mol. The number of carbonyl (C=O) groups is 1. The molecule has 0 aromatic heterocycles. The van der Waals surface area contributed by atoms with E-state index in [9.17, 15) is 4.79 Å². The lowest BCUT2D eigenvalue weighted by molar-refractivity contribution is -0.133. The van der Waals surface area contributed by atoms with Crippen LogP contribution >= 0.6 is 0 Å². The summed E-state index contributed by atoms with van der Waals surface area (Å²) in [4.78, 5) is 14.3. The number of unbranched alkanes of at least 4 members (excludes halogenated alkanes) is 3. The number of nitrogens with zero attached hydrogens (tertiary/aromatic N) is 1. The van der Waals surface area contributed by atoms with Crippen molar-refractivity contribution >= 4 is 5.91 Å². The number of carbonyl (C=O) groups excluding carboxylic acids is 1. The number of amides is 1. The van der Waals surface area contributed by atoms with Crippen molar-refractivity contribution in [2.45, 2.75) is 71.8 Å². The fraction of sp³-hybridized carbons (Fsp3) is 0.938.